The van der Waals surface area contributed by atoms with Crippen LogP contribution >= 0.6 is 21.4 Å². The summed E-state index contributed by atoms with van der Waals surface area (Å²) in [5.41, 5.74) is 2.91. The normalized spacial score (nSPS) is 12.1. The van der Waals surface area contributed by atoms with Gasteiger partial charge in [-0.3, -0.25) is 0 Å². The molecule has 0 unspecified atom stereocenters. The quantitative estimate of drug-likeness (QED) is 0.557. The van der Waals surface area contributed by atoms with Crippen LogP contribution in [0.15, 0.2) is 82.6 Å². The van der Waals surface area contributed by atoms with Crippen LogP contribution in [0.3, 0.4) is 0 Å². The summed E-state index contributed by atoms with van der Waals surface area (Å²) in [5.74, 6) is 0. The van der Waals surface area contributed by atoms with Crippen molar-refractivity contribution in [2.75, 3.05) is 0 Å². The molecule has 0 amide bonds. The van der Waals surface area contributed by atoms with E-state index in [1.54, 1.807) is 18.2 Å². The Morgan fingerprint density at radius 1 is 0.538 bits per heavy atom. The molecule has 3 aromatic carbocycles. The summed E-state index contributed by atoms with van der Waals surface area (Å²) < 4.78 is 46.2. The fourth-order valence-electron chi connectivity index (χ4n) is 2.58. The highest BCUT2D eigenvalue weighted by molar-refractivity contribution is 8.14. The minimum absolute atomic E-state index is 0.0101. The predicted octanol–water partition coefficient (Wildman–Crippen LogP) is 4.88. The van der Waals surface area contributed by atoms with Gasteiger partial charge >= 0.3 is 0 Å². The van der Waals surface area contributed by atoms with Crippen LogP contribution in [0.1, 0.15) is 0 Å². The molecule has 0 fully saturated rings. The Balaban J connectivity index is 2.21. The molecule has 0 heterocycles. The van der Waals surface area contributed by atoms with Crippen molar-refractivity contribution in [1.82, 2.24) is 0 Å². The highest BCUT2D eigenvalue weighted by Gasteiger charge is 2.16. The van der Waals surface area contributed by atoms with Crippen LogP contribution in [-0.2, 0) is 18.1 Å². The van der Waals surface area contributed by atoms with Crippen LogP contribution in [0.2, 0.25) is 0 Å². The van der Waals surface area contributed by atoms with Crippen molar-refractivity contribution in [3.8, 4) is 22.3 Å². The first kappa shape index (κ1) is 18.9. The second-order valence-electron chi connectivity index (χ2n) is 5.47. The molecular weight excluding hydrogens is 415 g/mol. The van der Waals surface area contributed by atoms with Gasteiger partial charge in [0.25, 0.3) is 18.1 Å². The second-order valence-corrected chi connectivity index (χ2v) is 10.6. The average Bonchev–Trinajstić information content (AvgIpc) is 2.60. The van der Waals surface area contributed by atoms with Crippen LogP contribution < -0.4 is 0 Å². The summed E-state index contributed by atoms with van der Waals surface area (Å²) in [6.45, 7) is 0. The molecule has 0 bridgehead atoms. The first-order chi connectivity index (χ1) is 12.2. The molecule has 0 radical (unpaired) electrons. The lowest BCUT2D eigenvalue weighted by Gasteiger charge is -2.12. The molecule has 0 spiro atoms. The molecule has 0 aromatic heterocycles. The minimum Gasteiger partial charge on any atom is -0.207 e. The van der Waals surface area contributed by atoms with Gasteiger partial charge < -0.3 is 0 Å². The smallest absolute Gasteiger partial charge is 0.207 e. The molecule has 3 aromatic rings. The number of hydrogen-bond donors (Lipinski definition) is 0. The van der Waals surface area contributed by atoms with Gasteiger partial charge in [-0.2, -0.15) is 0 Å². The van der Waals surface area contributed by atoms with Crippen molar-refractivity contribution in [2.45, 2.75) is 9.79 Å². The molecule has 0 aliphatic heterocycles. The third-order valence-electron chi connectivity index (χ3n) is 3.80. The molecule has 0 saturated carbocycles. The van der Waals surface area contributed by atoms with Gasteiger partial charge in [0, 0.05) is 21.4 Å². The summed E-state index contributed by atoms with van der Waals surface area (Å²) >= 11 is 0. The van der Waals surface area contributed by atoms with Gasteiger partial charge in [-0.1, -0.05) is 48.5 Å². The van der Waals surface area contributed by atoms with Crippen LogP contribution in [0, 0.1) is 0 Å². The maximum absolute atomic E-state index is 11.7. The predicted molar refractivity (Wildman–Crippen MR) is 103 cm³/mol. The molecule has 26 heavy (non-hydrogen) atoms. The van der Waals surface area contributed by atoms with Crippen molar-refractivity contribution >= 4 is 39.5 Å². The zero-order valence-corrected chi connectivity index (χ0v) is 16.3. The Morgan fingerprint density at radius 2 is 1.04 bits per heavy atom. The van der Waals surface area contributed by atoms with E-state index in [2.05, 4.69) is 0 Å². The molecule has 3 rings (SSSR count). The van der Waals surface area contributed by atoms with Gasteiger partial charge in [0.1, 0.15) is 0 Å². The van der Waals surface area contributed by atoms with Crippen molar-refractivity contribution < 1.29 is 16.8 Å². The minimum atomic E-state index is -3.88. The van der Waals surface area contributed by atoms with E-state index in [0.717, 1.165) is 11.1 Å². The molecule has 0 aliphatic carbocycles. The van der Waals surface area contributed by atoms with Gasteiger partial charge in [-0.05, 0) is 46.5 Å². The second kappa shape index (κ2) is 7.04. The third kappa shape index (κ3) is 4.10. The molecule has 8 heteroatoms. The van der Waals surface area contributed by atoms with E-state index in [1.807, 2.05) is 30.3 Å². The molecule has 0 atom stereocenters. The van der Waals surface area contributed by atoms with Gasteiger partial charge in [-0.15, -0.1) is 0 Å². The first-order valence-corrected chi connectivity index (χ1v) is 12.0. The number of benzene rings is 3. The highest BCUT2D eigenvalue weighted by Crippen LogP contribution is 2.35. The lowest BCUT2D eigenvalue weighted by atomic mass is 9.95. The SMILES string of the molecule is O=S(=O)(Cl)c1ccc(-c2ccc(S(=O)(=O)Cl)cc2-c2ccccc2)cc1. The van der Waals surface area contributed by atoms with Crippen molar-refractivity contribution in [3.05, 3.63) is 72.8 Å². The van der Waals surface area contributed by atoms with E-state index in [1.165, 1.54) is 24.3 Å². The Kier molecular flexibility index (Phi) is 5.12. The highest BCUT2D eigenvalue weighted by atomic mass is 35.7. The molecule has 4 nitrogen and oxygen atoms in total. The Labute approximate surface area is 160 Å². The summed E-state index contributed by atoms with van der Waals surface area (Å²) in [6.07, 6.45) is 0. The summed E-state index contributed by atoms with van der Waals surface area (Å²) in [5, 5.41) is 0. The number of halogens is 2. The van der Waals surface area contributed by atoms with E-state index in [9.17, 15) is 16.8 Å². The topological polar surface area (TPSA) is 68.3 Å². The van der Waals surface area contributed by atoms with Crippen LogP contribution in [0.5, 0.6) is 0 Å². The molecule has 134 valence electrons. The van der Waals surface area contributed by atoms with Gasteiger partial charge in [0.2, 0.25) is 0 Å². The third-order valence-corrected chi connectivity index (χ3v) is 6.53. The largest absolute Gasteiger partial charge is 0.261 e. The van der Waals surface area contributed by atoms with Crippen LogP contribution in [0.25, 0.3) is 22.3 Å². The van der Waals surface area contributed by atoms with Crippen molar-refractivity contribution in [3.63, 3.8) is 0 Å². The molecule has 0 saturated heterocycles. The molecule has 0 N–H and O–H groups in total. The Morgan fingerprint density at radius 3 is 1.58 bits per heavy atom. The summed E-state index contributed by atoms with van der Waals surface area (Å²) in [4.78, 5) is -0.0224. The summed E-state index contributed by atoms with van der Waals surface area (Å²) in [7, 11) is 3.13. The average molecular weight is 427 g/mol. The fourth-order valence-corrected chi connectivity index (χ4v) is 4.13. The first-order valence-electron chi connectivity index (χ1n) is 7.35. The van der Waals surface area contributed by atoms with Gasteiger partial charge in [0.05, 0.1) is 9.79 Å². The fraction of sp³-hybridized carbons (Fsp3) is 0. The van der Waals surface area contributed by atoms with Gasteiger partial charge in [-0.25, -0.2) is 16.8 Å². The maximum Gasteiger partial charge on any atom is 0.261 e. The standard InChI is InChI=1S/C18H12Cl2O4S2/c19-25(21,22)15-8-6-14(7-9-15)17-11-10-16(26(20,23)24)12-18(17)13-4-2-1-3-5-13/h1-12H. The van der Waals surface area contributed by atoms with E-state index in [0.29, 0.717) is 11.1 Å². The molecule has 0 aliphatic rings. The Hall–Kier alpha value is -1.86. The zero-order valence-electron chi connectivity index (χ0n) is 13.1. The lowest BCUT2D eigenvalue weighted by Crippen LogP contribution is -1.94. The number of rotatable bonds is 4. The lowest BCUT2D eigenvalue weighted by molar-refractivity contribution is 0.608. The van der Waals surface area contributed by atoms with E-state index in [-0.39, 0.29) is 9.79 Å². The summed E-state index contributed by atoms with van der Waals surface area (Å²) in [6, 6.07) is 19.8. The van der Waals surface area contributed by atoms with Crippen molar-refractivity contribution in [2.24, 2.45) is 0 Å². The monoisotopic (exact) mass is 426 g/mol. The van der Waals surface area contributed by atoms with Crippen LogP contribution in [0.4, 0.5) is 0 Å². The number of hydrogen-bond acceptors (Lipinski definition) is 4. The zero-order chi connectivity index (χ0) is 18.9. The van der Waals surface area contributed by atoms with E-state index >= 15 is 0 Å². The van der Waals surface area contributed by atoms with E-state index in [4.69, 9.17) is 21.4 Å². The van der Waals surface area contributed by atoms with E-state index < -0.39 is 18.1 Å². The Bertz CT molecular complexity index is 1160. The molecular formula is C18H12Cl2O4S2. The van der Waals surface area contributed by atoms with Crippen LogP contribution in [-0.4, -0.2) is 16.8 Å². The van der Waals surface area contributed by atoms with Gasteiger partial charge in [0.15, 0.2) is 0 Å². The maximum atomic E-state index is 11.7. The van der Waals surface area contributed by atoms with Crippen molar-refractivity contribution in [1.29, 1.82) is 0 Å².